The van der Waals surface area contributed by atoms with E-state index in [1.807, 2.05) is 5.32 Å². The van der Waals surface area contributed by atoms with E-state index < -0.39 is 51.8 Å². The van der Waals surface area contributed by atoms with Gasteiger partial charge in [0.1, 0.15) is 5.82 Å². The van der Waals surface area contributed by atoms with Crippen LogP contribution in [0.3, 0.4) is 0 Å². The molecule has 1 N–H and O–H groups in total. The minimum Gasteiger partial charge on any atom is -0.448 e. The van der Waals surface area contributed by atoms with E-state index in [0.29, 0.717) is 5.69 Å². The Morgan fingerprint density at radius 2 is 1.85 bits per heavy atom. The quantitative estimate of drug-likeness (QED) is 0.253. The lowest BCUT2D eigenvalue weighted by Crippen LogP contribution is -2.31. The maximum Gasteiger partial charge on any atom is 0.418 e. The number of nitro benzene ring substituents is 1. The molecule has 9 nitrogen and oxygen atoms in total. The Morgan fingerprint density at radius 1 is 1.18 bits per heavy atom. The molecular weight excluding hydrogens is 452 g/mol. The lowest BCUT2D eigenvalue weighted by Gasteiger charge is -2.17. The van der Waals surface area contributed by atoms with Crippen molar-refractivity contribution in [1.82, 2.24) is 9.55 Å². The molecule has 0 aliphatic rings. The number of nitro groups is 1. The fourth-order valence-electron chi connectivity index (χ4n) is 2.75. The fourth-order valence-corrected chi connectivity index (χ4v) is 2.75. The van der Waals surface area contributed by atoms with Gasteiger partial charge in [0.2, 0.25) is 0 Å². The van der Waals surface area contributed by atoms with Crippen LogP contribution in [0.5, 0.6) is 0 Å². The van der Waals surface area contributed by atoms with Crippen molar-refractivity contribution in [2.75, 3.05) is 5.32 Å². The molecule has 0 spiro atoms. The van der Waals surface area contributed by atoms with Gasteiger partial charge in [-0.1, -0.05) is 0 Å². The number of halogens is 4. The molecule has 2 aromatic carbocycles. The molecule has 0 radical (unpaired) electrons. The Hall–Kier alpha value is -4.29. The first-order chi connectivity index (χ1) is 15.5. The summed E-state index contributed by atoms with van der Waals surface area (Å²) in [5.41, 5.74) is -2.73. The lowest BCUT2D eigenvalue weighted by atomic mass is 10.1. The molecule has 3 rings (SSSR count). The maximum absolute atomic E-state index is 13.3. The number of nitrogens with one attached hydrogen (secondary N) is 1. The van der Waals surface area contributed by atoms with Gasteiger partial charge in [-0.2, -0.15) is 13.2 Å². The molecule has 1 amide bonds. The number of hydrogen-bond acceptors (Lipinski definition) is 6. The molecule has 3 aromatic rings. The summed E-state index contributed by atoms with van der Waals surface area (Å²) in [5.74, 6) is -2.62. The van der Waals surface area contributed by atoms with Gasteiger partial charge in [-0.25, -0.2) is 14.2 Å². The van der Waals surface area contributed by atoms with Crippen LogP contribution >= 0.6 is 0 Å². The van der Waals surface area contributed by atoms with Crippen LogP contribution in [0.4, 0.5) is 28.9 Å². The highest BCUT2D eigenvalue weighted by molar-refractivity contribution is 5.97. The number of esters is 1. The van der Waals surface area contributed by atoms with Gasteiger partial charge >= 0.3 is 12.1 Å². The van der Waals surface area contributed by atoms with Crippen molar-refractivity contribution < 1.29 is 36.8 Å². The van der Waals surface area contributed by atoms with Crippen LogP contribution in [-0.2, 0) is 15.7 Å². The Kier molecular flexibility index (Phi) is 6.42. The summed E-state index contributed by atoms with van der Waals surface area (Å²) < 4.78 is 59.3. The number of ether oxygens (including phenoxy) is 1. The largest absolute Gasteiger partial charge is 0.448 e. The number of rotatable bonds is 6. The second-order valence-corrected chi connectivity index (χ2v) is 6.65. The molecule has 1 aromatic heterocycles. The van der Waals surface area contributed by atoms with E-state index in [1.165, 1.54) is 23.0 Å². The first-order valence-electron chi connectivity index (χ1n) is 9.13. The number of nitrogens with zero attached hydrogens (tertiary/aromatic N) is 3. The van der Waals surface area contributed by atoms with Crippen LogP contribution < -0.4 is 5.32 Å². The number of benzene rings is 2. The van der Waals surface area contributed by atoms with Gasteiger partial charge in [0.15, 0.2) is 11.8 Å². The fraction of sp³-hybridized carbons (Fsp3) is 0.150. The van der Waals surface area contributed by atoms with Crippen molar-refractivity contribution in [3.05, 3.63) is 82.2 Å². The number of carbonyl (C=O) groups excluding carboxylic acids is 2. The summed E-state index contributed by atoms with van der Waals surface area (Å²) >= 11 is 0. The Balaban J connectivity index is 1.76. The highest BCUT2D eigenvalue weighted by atomic mass is 19.4. The third kappa shape index (κ3) is 5.31. The number of amides is 1. The third-order valence-corrected chi connectivity index (χ3v) is 4.38. The highest BCUT2D eigenvalue weighted by Gasteiger charge is 2.36. The molecule has 1 atom stereocenters. The SMILES string of the molecule is C[C@@H](OC(=O)c1cncn1-c1ccc(F)cc1)C(=O)Nc1ccc([N+](=O)[O-])cc1C(F)(F)F. The monoisotopic (exact) mass is 466 g/mol. The zero-order chi connectivity index (χ0) is 24.3. The highest BCUT2D eigenvalue weighted by Crippen LogP contribution is 2.37. The van der Waals surface area contributed by atoms with Crippen LogP contribution in [0.2, 0.25) is 0 Å². The first kappa shape index (κ1) is 23.4. The van der Waals surface area contributed by atoms with Gasteiger partial charge in [-0.05, 0) is 37.3 Å². The van der Waals surface area contributed by atoms with Crippen LogP contribution in [0.1, 0.15) is 23.0 Å². The molecule has 172 valence electrons. The summed E-state index contributed by atoms with van der Waals surface area (Å²) in [7, 11) is 0. The smallest absolute Gasteiger partial charge is 0.418 e. The summed E-state index contributed by atoms with van der Waals surface area (Å²) in [6.07, 6.45) is -4.14. The van der Waals surface area contributed by atoms with Crippen molar-refractivity contribution in [1.29, 1.82) is 0 Å². The number of carbonyl (C=O) groups is 2. The summed E-state index contributed by atoms with van der Waals surface area (Å²) in [5, 5.41) is 12.7. The van der Waals surface area contributed by atoms with Crippen LogP contribution in [-0.4, -0.2) is 32.5 Å². The zero-order valence-corrected chi connectivity index (χ0v) is 16.7. The predicted molar refractivity (Wildman–Crippen MR) is 105 cm³/mol. The van der Waals surface area contributed by atoms with E-state index >= 15 is 0 Å². The number of aromatic nitrogens is 2. The molecule has 0 saturated heterocycles. The molecule has 13 heteroatoms. The second kappa shape index (κ2) is 9.06. The molecule has 1 heterocycles. The number of hydrogen-bond donors (Lipinski definition) is 1. The van der Waals surface area contributed by atoms with Crippen molar-refractivity contribution in [2.24, 2.45) is 0 Å². The number of imidazole rings is 1. The van der Waals surface area contributed by atoms with Crippen LogP contribution in [0.25, 0.3) is 5.69 Å². The van der Waals surface area contributed by atoms with Crippen molar-refractivity contribution in [2.45, 2.75) is 19.2 Å². The zero-order valence-electron chi connectivity index (χ0n) is 16.7. The summed E-state index contributed by atoms with van der Waals surface area (Å²) in [6.45, 7) is 1.13. The van der Waals surface area contributed by atoms with E-state index in [2.05, 4.69) is 4.98 Å². The van der Waals surface area contributed by atoms with Gasteiger partial charge in [0, 0.05) is 17.8 Å². The van der Waals surface area contributed by atoms with Gasteiger partial charge in [0.05, 0.1) is 28.7 Å². The van der Waals surface area contributed by atoms with E-state index in [4.69, 9.17) is 4.74 Å². The van der Waals surface area contributed by atoms with Gasteiger partial charge in [0.25, 0.3) is 11.6 Å². The Bertz CT molecular complexity index is 1210. The van der Waals surface area contributed by atoms with Crippen LogP contribution in [0, 0.1) is 15.9 Å². The van der Waals surface area contributed by atoms with Gasteiger partial charge in [-0.15, -0.1) is 0 Å². The molecule has 0 bridgehead atoms. The second-order valence-electron chi connectivity index (χ2n) is 6.65. The van der Waals surface area contributed by atoms with Gasteiger partial charge in [-0.3, -0.25) is 19.5 Å². The van der Waals surface area contributed by atoms with Crippen LogP contribution in [0.15, 0.2) is 55.0 Å². The molecule has 0 aliphatic heterocycles. The molecule has 0 saturated carbocycles. The first-order valence-corrected chi connectivity index (χ1v) is 9.13. The normalized spacial score (nSPS) is 12.2. The summed E-state index contributed by atoms with van der Waals surface area (Å²) in [4.78, 5) is 38.4. The number of anilines is 1. The molecule has 33 heavy (non-hydrogen) atoms. The van der Waals surface area contributed by atoms with E-state index in [9.17, 15) is 37.3 Å². The minimum absolute atomic E-state index is 0.118. The average Bonchev–Trinajstić information content (AvgIpc) is 3.23. The van der Waals surface area contributed by atoms with E-state index in [-0.39, 0.29) is 11.8 Å². The Labute approximate surface area is 182 Å². The predicted octanol–water partition coefficient (Wildman–Crippen LogP) is 4.12. The van der Waals surface area contributed by atoms with Crippen molar-refractivity contribution in [3.63, 3.8) is 0 Å². The number of alkyl halides is 3. The Morgan fingerprint density at radius 3 is 2.45 bits per heavy atom. The van der Waals surface area contributed by atoms with E-state index in [0.717, 1.165) is 37.4 Å². The van der Waals surface area contributed by atoms with Gasteiger partial charge < -0.3 is 10.1 Å². The maximum atomic E-state index is 13.3. The minimum atomic E-state index is -4.99. The number of non-ortho nitro benzene ring substituents is 1. The van der Waals surface area contributed by atoms with E-state index in [1.54, 1.807) is 0 Å². The molecule has 0 fully saturated rings. The summed E-state index contributed by atoms with van der Waals surface area (Å²) in [6, 6.07) is 6.87. The van der Waals surface area contributed by atoms with Crippen molar-refractivity contribution in [3.8, 4) is 5.69 Å². The molecule has 0 aliphatic carbocycles. The topological polar surface area (TPSA) is 116 Å². The molecule has 0 unspecified atom stereocenters. The molecular formula is C20H14F4N4O5. The lowest BCUT2D eigenvalue weighted by molar-refractivity contribution is -0.385. The van der Waals surface area contributed by atoms with Crippen molar-refractivity contribution >= 4 is 23.3 Å². The average molecular weight is 466 g/mol. The third-order valence-electron chi connectivity index (χ3n) is 4.38. The standard InChI is InChI=1S/C20H14F4N4O5/c1-11(18(29)26-16-7-6-14(28(31)32)8-15(16)20(22,23)24)33-19(30)17-9-25-10-27(17)13-4-2-12(21)3-5-13/h2-11H,1H3,(H,26,29)/t11-/m1/s1.